The smallest absolute Gasteiger partial charge is 0.390 e. The average Bonchev–Trinajstić information content (AvgIpc) is 2.38. The minimum Gasteiger partial charge on any atom is -0.390 e. The van der Waals surface area contributed by atoms with Crippen LogP contribution in [0.15, 0.2) is 24.3 Å². The zero-order valence-electron chi connectivity index (χ0n) is 11.9. The van der Waals surface area contributed by atoms with Crippen LogP contribution in [0, 0.1) is 0 Å². The first kappa shape index (κ1) is 16.3. The third-order valence-electron chi connectivity index (χ3n) is 3.52. The molecule has 0 aromatic heterocycles. The Morgan fingerprint density at radius 3 is 2.76 bits per heavy atom. The van der Waals surface area contributed by atoms with Gasteiger partial charge in [0.2, 0.25) is 0 Å². The summed E-state index contributed by atoms with van der Waals surface area (Å²) in [6.45, 7) is 3.53. The maximum atomic E-state index is 12.7. The summed E-state index contributed by atoms with van der Waals surface area (Å²) in [6, 6.07) is 5.14. The predicted molar refractivity (Wildman–Crippen MR) is 73.0 cm³/mol. The molecule has 0 spiro atoms. The second kappa shape index (κ2) is 6.34. The molecule has 2 rings (SSSR count). The molecule has 0 aliphatic carbocycles. The van der Waals surface area contributed by atoms with E-state index in [-0.39, 0.29) is 12.5 Å². The standard InChI is InChI=1S/C15H20F3NO2/c1-14(20,9-13-10-21-6-5-19-13)8-11-3-2-4-12(7-11)15(16,17)18/h2-4,7,13,19-20H,5-6,8-10H2,1H3. The molecule has 1 aromatic rings. The second-order valence-electron chi connectivity index (χ2n) is 5.80. The number of benzene rings is 1. The van der Waals surface area contributed by atoms with Gasteiger partial charge < -0.3 is 15.2 Å². The van der Waals surface area contributed by atoms with Crippen LogP contribution in [-0.2, 0) is 17.3 Å². The summed E-state index contributed by atoms with van der Waals surface area (Å²) in [5.41, 5.74) is -1.29. The van der Waals surface area contributed by atoms with E-state index in [1.807, 2.05) is 0 Å². The lowest BCUT2D eigenvalue weighted by Crippen LogP contribution is -2.46. The SMILES string of the molecule is CC(O)(Cc1cccc(C(F)(F)F)c1)CC1COCCN1. The molecule has 1 aliphatic heterocycles. The molecule has 1 aromatic carbocycles. The van der Waals surface area contributed by atoms with Crippen LogP contribution in [-0.4, -0.2) is 36.5 Å². The molecule has 1 fully saturated rings. The van der Waals surface area contributed by atoms with Gasteiger partial charge in [-0.2, -0.15) is 13.2 Å². The Kier molecular flexibility index (Phi) is 4.91. The molecule has 118 valence electrons. The lowest BCUT2D eigenvalue weighted by molar-refractivity contribution is -0.137. The Morgan fingerprint density at radius 2 is 2.14 bits per heavy atom. The Labute approximate surface area is 122 Å². The third kappa shape index (κ3) is 4.98. The fourth-order valence-electron chi connectivity index (χ4n) is 2.65. The Morgan fingerprint density at radius 1 is 1.38 bits per heavy atom. The molecule has 1 aliphatic rings. The maximum absolute atomic E-state index is 12.7. The van der Waals surface area contributed by atoms with E-state index in [2.05, 4.69) is 5.32 Å². The van der Waals surface area contributed by atoms with Crippen LogP contribution < -0.4 is 5.32 Å². The van der Waals surface area contributed by atoms with E-state index < -0.39 is 17.3 Å². The van der Waals surface area contributed by atoms with Crippen molar-refractivity contribution in [1.29, 1.82) is 0 Å². The first-order chi connectivity index (χ1) is 9.76. The summed E-state index contributed by atoms with van der Waals surface area (Å²) in [5, 5.41) is 13.7. The van der Waals surface area contributed by atoms with E-state index in [1.54, 1.807) is 13.0 Å². The fraction of sp³-hybridized carbons (Fsp3) is 0.600. The van der Waals surface area contributed by atoms with Crippen LogP contribution in [0.25, 0.3) is 0 Å². The Bertz CT molecular complexity index is 468. The number of morpholine rings is 1. The van der Waals surface area contributed by atoms with Crippen LogP contribution in [0.1, 0.15) is 24.5 Å². The van der Waals surface area contributed by atoms with Gasteiger partial charge in [-0.25, -0.2) is 0 Å². The van der Waals surface area contributed by atoms with Crippen molar-refractivity contribution in [1.82, 2.24) is 5.32 Å². The Balaban J connectivity index is 2.02. The average molecular weight is 303 g/mol. The van der Waals surface area contributed by atoms with Gasteiger partial charge in [0.25, 0.3) is 0 Å². The number of rotatable bonds is 4. The topological polar surface area (TPSA) is 41.5 Å². The summed E-state index contributed by atoms with van der Waals surface area (Å²) >= 11 is 0. The summed E-state index contributed by atoms with van der Waals surface area (Å²) in [4.78, 5) is 0. The molecule has 0 radical (unpaired) electrons. The first-order valence-electron chi connectivity index (χ1n) is 6.96. The van der Waals surface area contributed by atoms with Crippen molar-refractivity contribution in [3.8, 4) is 0 Å². The zero-order valence-corrected chi connectivity index (χ0v) is 11.9. The van der Waals surface area contributed by atoms with Gasteiger partial charge in [0, 0.05) is 19.0 Å². The third-order valence-corrected chi connectivity index (χ3v) is 3.52. The summed E-state index contributed by atoms with van der Waals surface area (Å²) < 4.78 is 43.4. The Hall–Kier alpha value is -1.11. The minimum absolute atomic E-state index is 0.0274. The first-order valence-corrected chi connectivity index (χ1v) is 6.96. The second-order valence-corrected chi connectivity index (χ2v) is 5.80. The van der Waals surface area contributed by atoms with E-state index in [9.17, 15) is 18.3 Å². The number of alkyl halides is 3. The van der Waals surface area contributed by atoms with Gasteiger partial charge in [-0.1, -0.05) is 18.2 Å². The van der Waals surface area contributed by atoms with Gasteiger partial charge in [-0.05, 0) is 25.0 Å². The molecule has 2 atom stereocenters. The van der Waals surface area contributed by atoms with Gasteiger partial charge in [0.1, 0.15) is 0 Å². The number of aliphatic hydroxyl groups is 1. The minimum atomic E-state index is -4.36. The largest absolute Gasteiger partial charge is 0.416 e. The van der Waals surface area contributed by atoms with Crippen molar-refractivity contribution in [2.75, 3.05) is 19.8 Å². The van der Waals surface area contributed by atoms with Crippen molar-refractivity contribution < 1.29 is 23.0 Å². The van der Waals surface area contributed by atoms with Gasteiger partial charge in [0.05, 0.1) is 24.4 Å². The monoisotopic (exact) mass is 303 g/mol. The molecule has 0 amide bonds. The molecule has 1 heterocycles. The van der Waals surface area contributed by atoms with Crippen molar-refractivity contribution in [2.24, 2.45) is 0 Å². The lowest BCUT2D eigenvalue weighted by Gasteiger charge is -2.31. The highest BCUT2D eigenvalue weighted by Gasteiger charge is 2.32. The molecule has 21 heavy (non-hydrogen) atoms. The highest BCUT2D eigenvalue weighted by atomic mass is 19.4. The molecule has 2 unspecified atom stereocenters. The maximum Gasteiger partial charge on any atom is 0.416 e. The molecule has 2 N–H and O–H groups in total. The number of nitrogens with one attached hydrogen (secondary N) is 1. The molecule has 1 saturated heterocycles. The van der Waals surface area contributed by atoms with Crippen molar-refractivity contribution >= 4 is 0 Å². The van der Waals surface area contributed by atoms with E-state index in [0.717, 1.165) is 18.7 Å². The van der Waals surface area contributed by atoms with Crippen LogP contribution in [0.3, 0.4) is 0 Å². The number of ether oxygens (including phenoxy) is 1. The number of hydrogen-bond donors (Lipinski definition) is 2. The molecule has 0 saturated carbocycles. The van der Waals surface area contributed by atoms with Crippen LogP contribution in [0.2, 0.25) is 0 Å². The van der Waals surface area contributed by atoms with Crippen LogP contribution in [0.4, 0.5) is 13.2 Å². The summed E-state index contributed by atoms with van der Waals surface area (Å²) in [5.74, 6) is 0. The van der Waals surface area contributed by atoms with Gasteiger partial charge in [-0.15, -0.1) is 0 Å². The van der Waals surface area contributed by atoms with Crippen molar-refractivity contribution in [3.63, 3.8) is 0 Å². The molecule has 6 heteroatoms. The zero-order chi connectivity index (χ0) is 15.5. The lowest BCUT2D eigenvalue weighted by atomic mass is 9.89. The summed E-state index contributed by atoms with van der Waals surface area (Å²) in [7, 11) is 0. The van der Waals surface area contributed by atoms with Gasteiger partial charge in [0.15, 0.2) is 0 Å². The normalized spacial score (nSPS) is 22.8. The fourth-order valence-corrected chi connectivity index (χ4v) is 2.65. The highest BCUT2D eigenvalue weighted by Crippen LogP contribution is 2.30. The van der Waals surface area contributed by atoms with Gasteiger partial charge in [-0.3, -0.25) is 0 Å². The quantitative estimate of drug-likeness (QED) is 0.897. The highest BCUT2D eigenvalue weighted by molar-refractivity contribution is 5.26. The molecular weight excluding hydrogens is 283 g/mol. The van der Waals surface area contributed by atoms with E-state index in [1.165, 1.54) is 6.07 Å². The number of hydrogen-bond acceptors (Lipinski definition) is 3. The molecule has 0 bridgehead atoms. The van der Waals surface area contributed by atoms with E-state index >= 15 is 0 Å². The van der Waals surface area contributed by atoms with Gasteiger partial charge >= 0.3 is 6.18 Å². The summed E-state index contributed by atoms with van der Waals surface area (Å²) in [6.07, 6.45) is -3.75. The molecular formula is C15H20F3NO2. The number of halogens is 3. The van der Waals surface area contributed by atoms with Crippen molar-refractivity contribution in [3.05, 3.63) is 35.4 Å². The molecule has 3 nitrogen and oxygen atoms in total. The van der Waals surface area contributed by atoms with Crippen LogP contribution in [0.5, 0.6) is 0 Å². The van der Waals surface area contributed by atoms with Crippen LogP contribution >= 0.6 is 0 Å². The van der Waals surface area contributed by atoms with Crippen molar-refractivity contribution in [2.45, 2.75) is 37.6 Å². The predicted octanol–water partition coefficient (Wildman–Crippen LogP) is 2.38. The van der Waals surface area contributed by atoms with E-state index in [4.69, 9.17) is 4.74 Å². The van der Waals surface area contributed by atoms with E-state index in [0.29, 0.717) is 25.2 Å².